The van der Waals surface area contributed by atoms with Gasteiger partial charge in [0.1, 0.15) is 5.82 Å². The highest BCUT2D eigenvalue weighted by molar-refractivity contribution is 5.81. The Morgan fingerprint density at radius 2 is 1.85 bits per heavy atom. The van der Waals surface area contributed by atoms with Crippen LogP contribution in [0.4, 0.5) is 5.82 Å². The standard InChI is InChI=1S/C17H23N3/c1-18-13-15-12-14-8-4-5-9-16(14)19-17(15)20-10-6-2-3-7-11-20/h4-5,8-9,12,18H,2-3,6-7,10-11,13H2,1H3. The number of hydrogen-bond donors (Lipinski definition) is 1. The van der Waals surface area contributed by atoms with E-state index in [4.69, 9.17) is 4.98 Å². The summed E-state index contributed by atoms with van der Waals surface area (Å²) < 4.78 is 0. The smallest absolute Gasteiger partial charge is 0.133 e. The van der Waals surface area contributed by atoms with E-state index >= 15 is 0 Å². The predicted molar refractivity (Wildman–Crippen MR) is 85.2 cm³/mol. The highest BCUT2D eigenvalue weighted by atomic mass is 15.2. The van der Waals surface area contributed by atoms with E-state index in [9.17, 15) is 0 Å². The number of nitrogens with one attached hydrogen (secondary N) is 1. The predicted octanol–water partition coefficient (Wildman–Crippen LogP) is 3.33. The number of aromatic nitrogens is 1. The van der Waals surface area contributed by atoms with Crippen LogP contribution in [-0.2, 0) is 6.54 Å². The van der Waals surface area contributed by atoms with Crippen LogP contribution in [0.25, 0.3) is 10.9 Å². The molecule has 1 aliphatic rings. The van der Waals surface area contributed by atoms with E-state index < -0.39 is 0 Å². The van der Waals surface area contributed by atoms with Crippen molar-refractivity contribution in [3.8, 4) is 0 Å². The van der Waals surface area contributed by atoms with Gasteiger partial charge in [0.15, 0.2) is 0 Å². The Bertz CT molecular complexity index is 571. The Kier molecular flexibility index (Phi) is 4.16. The summed E-state index contributed by atoms with van der Waals surface area (Å²) in [5.74, 6) is 1.18. The van der Waals surface area contributed by atoms with E-state index in [0.29, 0.717) is 0 Å². The van der Waals surface area contributed by atoms with Gasteiger partial charge >= 0.3 is 0 Å². The number of pyridine rings is 1. The second kappa shape index (κ2) is 6.23. The Hall–Kier alpha value is -1.61. The third-order valence-corrected chi connectivity index (χ3v) is 4.05. The maximum Gasteiger partial charge on any atom is 0.133 e. The quantitative estimate of drug-likeness (QED) is 0.926. The van der Waals surface area contributed by atoms with Gasteiger partial charge in [0.05, 0.1) is 5.52 Å². The molecule has 0 radical (unpaired) electrons. The number of fused-ring (bicyclic) bond motifs is 1. The summed E-state index contributed by atoms with van der Waals surface area (Å²) in [6, 6.07) is 10.7. The molecule has 1 aliphatic heterocycles. The summed E-state index contributed by atoms with van der Waals surface area (Å²) in [7, 11) is 2.00. The van der Waals surface area contributed by atoms with Crippen molar-refractivity contribution in [2.45, 2.75) is 32.2 Å². The minimum Gasteiger partial charge on any atom is -0.356 e. The van der Waals surface area contributed by atoms with Crippen LogP contribution in [0.2, 0.25) is 0 Å². The van der Waals surface area contributed by atoms with Crippen molar-refractivity contribution in [1.29, 1.82) is 0 Å². The highest BCUT2D eigenvalue weighted by Gasteiger charge is 2.15. The molecule has 0 bridgehead atoms. The lowest BCUT2D eigenvalue weighted by Crippen LogP contribution is -2.27. The molecule has 3 heteroatoms. The van der Waals surface area contributed by atoms with Gasteiger partial charge in [-0.05, 0) is 32.0 Å². The van der Waals surface area contributed by atoms with Crippen molar-refractivity contribution in [2.24, 2.45) is 0 Å². The first-order valence-corrected chi connectivity index (χ1v) is 7.67. The van der Waals surface area contributed by atoms with Gasteiger partial charge in [-0.25, -0.2) is 4.98 Å². The fourth-order valence-corrected chi connectivity index (χ4v) is 3.03. The van der Waals surface area contributed by atoms with Crippen LogP contribution in [0.3, 0.4) is 0 Å². The fraction of sp³-hybridized carbons (Fsp3) is 0.471. The molecule has 1 aromatic heterocycles. The first-order chi connectivity index (χ1) is 9.88. The van der Waals surface area contributed by atoms with Crippen molar-refractivity contribution in [2.75, 3.05) is 25.0 Å². The third kappa shape index (κ3) is 2.78. The van der Waals surface area contributed by atoms with Crippen LogP contribution in [-0.4, -0.2) is 25.1 Å². The van der Waals surface area contributed by atoms with E-state index in [0.717, 1.165) is 25.2 Å². The number of benzene rings is 1. The van der Waals surface area contributed by atoms with Crippen LogP contribution in [0.5, 0.6) is 0 Å². The Morgan fingerprint density at radius 3 is 2.60 bits per heavy atom. The van der Waals surface area contributed by atoms with Crippen molar-refractivity contribution in [3.63, 3.8) is 0 Å². The first kappa shape index (κ1) is 13.4. The van der Waals surface area contributed by atoms with E-state index in [1.807, 2.05) is 7.05 Å². The van der Waals surface area contributed by atoms with Gasteiger partial charge in [-0.3, -0.25) is 0 Å². The second-order valence-corrected chi connectivity index (χ2v) is 5.60. The van der Waals surface area contributed by atoms with Crippen LogP contribution in [0, 0.1) is 0 Å². The molecule has 1 fully saturated rings. The molecule has 0 saturated carbocycles. The molecule has 20 heavy (non-hydrogen) atoms. The maximum atomic E-state index is 4.95. The number of para-hydroxylation sites is 1. The number of nitrogens with zero attached hydrogens (tertiary/aromatic N) is 2. The molecule has 0 unspecified atom stereocenters. The van der Waals surface area contributed by atoms with E-state index in [1.165, 1.54) is 42.5 Å². The van der Waals surface area contributed by atoms with Crippen molar-refractivity contribution in [3.05, 3.63) is 35.9 Å². The first-order valence-electron chi connectivity index (χ1n) is 7.67. The lowest BCUT2D eigenvalue weighted by molar-refractivity contribution is 0.726. The lowest BCUT2D eigenvalue weighted by Gasteiger charge is -2.24. The summed E-state index contributed by atoms with van der Waals surface area (Å²) >= 11 is 0. The highest BCUT2D eigenvalue weighted by Crippen LogP contribution is 2.25. The molecule has 2 heterocycles. The van der Waals surface area contributed by atoms with Gasteiger partial charge in [-0.2, -0.15) is 0 Å². The second-order valence-electron chi connectivity index (χ2n) is 5.60. The summed E-state index contributed by atoms with van der Waals surface area (Å²) in [4.78, 5) is 7.42. The van der Waals surface area contributed by atoms with Gasteiger partial charge in [0.25, 0.3) is 0 Å². The maximum absolute atomic E-state index is 4.95. The Balaban J connectivity index is 2.03. The molecular formula is C17H23N3. The van der Waals surface area contributed by atoms with Gasteiger partial charge in [0.2, 0.25) is 0 Å². The van der Waals surface area contributed by atoms with Crippen LogP contribution < -0.4 is 10.2 Å². The van der Waals surface area contributed by atoms with Crippen LogP contribution in [0.15, 0.2) is 30.3 Å². The topological polar surface area (TPSA) is 28.2 Å². The molecule has 0 aliphatic carbocycles. The zero-order valence-corrected chi connectivity index (χ0v) is 12.2. The summed E-state index contributed by atoms with van der Waals surface area (Å²) in [6.45, 7) is 3.16. The molecule has 106 valence electrons. The molecule has 0 spiro atoms. The molecule has 0 atom stereocenters. The molecule has 1 saturated heterocycles. The molecule has 0 amide bonds. The SMILES string of the molecule is CNCc1cc2ccccc2nc1N1CCCCCC1. The van der Waals surface area contributed by atoms with Crippen molar-refractivity contribution < 1.29 is 0 Å². The Labute approximate surface area is 121 Å². The fourth-order valence-electron chi connectivity index (χ4n) is 3.03. The molecule has 2 aromatic rings. The van der Waals surface area contributed by atoms with Crippen molar-refractivity contribution >= 4 is 16.7 Å². The molecule has 1 N–H and O–H groups in total. The number of anilines is 1. The minimum atomic E-state index is 0.879. The average molecular weight is 269 g/mol. The zero-order valence-electron chi connectivity index (χ0n) is 12.2. The van der Waals surface area contributed by atoms with Crippen molar-refractivity contribution in [1.82, 2.24) is 10.3 Å². The molecule has 3 nitrogen and oxygen atoms in total. The summed E-state index contributed by atoms with van der Waals surface area (Å²) in [5, 5.41) is 4.51. The number of hydrogen-bond acceptors (Lipinski definition) is 3. The summed E-state index contributed by atoms with van der Waals surface area (Å²) in [5.41, 5.74) is 2.42. The normalized spacial score (nSPS) is 16.4. The number of rotatable bonds is 3. The van der Waals surface area contributed by atoms with Gasteiger partial charge in [-0.1, -0.05) is 31.0 Å². The molecule has 1 aromatic carbocycles. The summed E-state index contributed by atoms with van der Waals surface area (Å²) in [6.07, 6.45) is 5.28. The molecule has 3 rings (SSSR count). The largest absolute Gasteiger partial charge is 0.356 e. The van der Waals surface area contributed by atoms with Crippen LogP contribution in [0.1, 0.15) is 31.2 Å². The van der Waals surface area contributed by atoms with E-state index in [1.54, 1.807) is 0 Å². The van der Waals surface area contributed by atoms with E-state index in [-0.39, 0.29) is 0 Å². The monoisotopic (exact) mass is 269 g/mol. The average Bonchev–Trinajstić information content (AvgIpc) is 2.76. The zero-order chi connectivity index (χ0) is 13.8. The van der Waals surface area contributed by atoms with E-state index in [2.05, 4.69) is 40.5 Å². The molecular weight excluding hydrogens is 246 g/mol. The third-order valence-electron chi connectivity index (χ3n) is 4.05. The Morgan fingerprint density at radius 1 is 1.10 bits per heavy atom. The van der Waals surface area contributed by atoms with Gasteiger partial charge < -0.3 is 10.2 Å². The lowest BCUT2D eigenvalue weighted by atomic mass is 10.1. The van der Waals surface area contributed by atoms with Gasteiger partial charge in [0, 0.05) is 30.6 Å². The van der Waals surface area contributed by atoms with Gasteiger partial charge in [-0.15, -0.1) is 0 Å². The van der Waals surface area contributed by atoms with Crippen LogP contribution >= 0.6 is 0 Å². The minimum absolute atomic E-state index is 0.879.